The Bertz CT molecular complexity index is 685. The second-order valence-electron chi connectivity index (χ2n) is 8.72. The molecule has 1 fully saturated rings. The number of aryl methyl sites for hydroxylation is 2. The first-order valence-corrected chi connectivity index (χ1v) is 11.2. The minimum absolute atomic E-state index is 0. The number of rotatable bonds is 7. The molecule has 1 aliphatic rings. The largest absolute Gasteiger partial charge is 0.444 e. The zero-order valence-corrected chi connectivity index (χ0v) is 22.2. The van der Waals surface area contributed by atoms with Crippen molar-refractivity contribution in [2.45, 2.75) is 79.4 Å². The van der Waals surface area contributed by atoms with Crippen LogP contribution in [0.5, 0.6) is 0 Å². The molecule has 2 heterocycles. The average molecular weight is 549 g/mol. The molecule has 0 bridgehead atoms. The van der Waals surface area contributed by atoms with E-state index in [2.05, 4.69) is 36.6 Å². The van der Waals surface area contributed by atoms with Gasteiger partial charge in [-0.1, -0.05) is 19.0 Å². The lowest BCUT2D eigenvalue weighted by molar-refractivity contribution is 0.0185. The third kappa shape index (κ3) is 8.86. The van der Waals surface area contributed by atoms with Crippen LogP contribution < -0.4 is 10.6 Å². The van der Waals surface area contributed by atoms with Gasteiger partial charge in [-0.25, -0.2) is 9.79 Å². The monoisotopic (exact) mass is 549 g/mol. The normalized spacial score (nSPS) is 15.4. The number of aromatic nitrogens is 1. The molecular weight excluding hydrogens is 509 g/mol. The van der Waals surface area contributed by atoms with Crippen LogP contribution in [0.2, 0.25) is 0 Å². The number of amides is 1. The van der Waals surface area contributed by atoms with Gasteiger partial charge in [-0.15, -0.1) is 24.0 Å². The second kappa shape index (κ2) is 13.1. The number of likely N-dealkylation sites (tertiary alicyclic amines) is 1. The number of halogens is 1. The molecule has 0 aromatic carbocycles. The molecule has 0 aliphatic carbocycles. The van der Waals surface area contributed by atoms with Crippen LogP contribution in [0.1, 0.15) is 71.4 Å². The highest BCUT2D eigenvalue weighted by molar-refractivity contribution is 14.0. The molecule has 178 valence electrons. The van der Waals surface area contributed by atoms with Crippen LogP contribution in [0, 0.1) is 5.92 Å². The average Bonchev–Trinajstić information content (AvgIpc) is 3.11. The highest BCUT2D eigenvalue weighted by atomic mass is 127. The topological polar surface area (TPSA) is 92.0 Å². The molecule has 0 saturated carbocycles. The summed E-state index contributed by atoms with van der Waals surface area (Å²) in [5.41, 5.74) is 1.63. The van der Waals surface area contributed by atoms with Crippen molar-refractivity contribution in [3.8, 4) is 0 Å². The van der Waals surface area contributed by atoms with Gasteiger partial charge in [0.15, 0.2) is 5.96 Å². The molecule has 31 heavy (non-hydrogen) atoms. The van der Waals surface area contributed by atoms with Crippen LogP contribution in [-0.2, 0) is 24.1 Å². The number of nitrogens with zero attached hydrogens (tertiary/aromatic N) is 3. The van der Waals surface area contributed by atoms with E-state index in [1.54, 1.807) is 0 Å². The number of hydrogen-bond acceptors (Lipinski definition) is 5. The summed E-state index contributed by atoms with van der Waals surface area (Å²) < 4.78 is 10.9. The van der Waals surface area contributed by atoms with Crippen LogP contribution in [0.4, 0.5) is 4.79 Å². The van der Waals surface area contributed by atoms with Gasteiger partial charge in [0.1, 0.15) is 11.4 Å². The van der Waals surface area contributed by atoms with E-state index in [1.807, 2.05) is 25.7 Å². The number of guanidine groups is 1. The highest BCUT2D eigenvalue weighted by Crippen LogP contribution is 2.19. The minimum atomic E-state index is -0.452. The molecule has 2 N–H and O–H groups in total. The molecule has 0 atom stereocenters. The summed E-state index contributed by atoms with van der Waals surface area (Å²) >= 11 is 0. The van der Waals surface area contributed by atoms with Crippen molar-refractivity contribution in [3.05, 3.63) is 17.0 Å². The highest BCUT2D eigenvalue weighted by Gasteiger charge is 2.26. The van der Waals surface area contributed by atoms with Crippen molar-refractivity contribution >= 4 is 36.0 Å². The smallest absolute Gasteiger partial charge is 0.410 e. The number of carbonyl (C=O) groups excluding carboxylic acids is 1. The first-order chi connectivity index (χ1) is 14.3. The van der Waals surface area contributed by atoms with Gasteiger partial charge >= 0.3 is 6.09 Å². The summed E-state index contributed by atoms with van der Waals surface area (Å²) in [6.45, 7) is 15.6. The maximum absolute atomic E-state index is 12.2. The van der Waals surface area contributed by atoms with Crippen LogP contribution in [0.15, 0.2) is 9.52 Å². The summed E-state index contributed by atoms with van der Waals surface area (Å²) in [5, 5.41) is 10.9. The van der Waals surface area contributed by atoms with Gasteiger partial charge in [-0.05, 0) is 52.9 Å². The summed E-state index contributed by atoms with van der Waals surface area (Å²) in [5.74, 6) is 2.22. The van der Waals surface area contributed by atoms with Crippen LogP contribution in [0.3, 0.4) is 0 Å². The van der Waals surface area contributed by atoms with E-state index >= 15 is 0 Å². The predicted molar refractivity (Wildman–Crippen MR) is 134 cm³/mol. The van der Waals surface area contributed by atoms with Gasteiger partial charge in [-0.3, -0.25) is 0 Å². The molecule has 1 amide bonds. The number of aliphatic imine (C=N–C) groups is 1. The zero-order valence-electron chi connectivity index (χ0n) is 19.9. The van der Waals surface area contributed by atoms with Gasteiger partial charge in [0.05, 0.1) is 12.2 Å². The summed E-state index contributed by atoms with van der Waals surface area (Å²) in [6, 6.07) is 0. The maximum Gasteiger partial charge on any atom is 0.410 e. The molecule has 0 radical (unpaired) electrons. The Labute approximate surface area is 203 Å². The van der Waals surface area contributed by atoms with Crippen molar-refractivity contribution in [3.63, 3.8) is 0 Å². The fourth-order valence-corrected chi connectivity index (χ4v) is 3.50. The van der Waals surface area contributed by atoms with E-state index in [0.29, 0.717) is 12.5 Å². The van der Waals surface area contributed by atoms with Crippen molar-refractivity contribution in [1.82, 2.24) is 20.7 Å². The standard InChI is InChI=1S/C22H39N5O3.HI/c1-7-18-17(19(8-2)30-26-18)15-25-20(23-9-3)24-14-16-10-12-27(13-11-16)21(28)29-22(4,5)6;/h16H,7-15H2,1-6H3,(H2,23,24,25);1H. The molecule has 2 rings (SSSR count). The lowest BCUT2D eigenvalue weighted by Gasteiger charge is -2.33. The Kier molecular flexibility index (Phi) is 11.6. The number of piperidine rings is 1. The Morgan fingerprint density at radius 3 is 2.42 bits per heavy atom. The minimum Gasteiger partial charge on any atom is -0.444 e. The number of nitrogens with one attached hydrogen (secondary N) is 2. The summed E-state index contributed by atoms with van der Waals surface area (Å²) in [6.07, 6.45) is 3.36. The Hall–Kier alpha value is -1.52. The first-order valence-electron chi connectivity index (χ1n) is 11.2. The molecule has 1 aromatic heterocycles. The van der Waals surface area contributed by atoms with Crippen molar-refractivity contribution in [1.29, 1.82) is 0 Å². The van der Waals surface area contributed by atoms with E-state index in [4.69, 9.17) is 14.3 Å². The van der Waals surface area contributed by atoms with Crippen molar-refractivity contribution < 1.29 is 14.1 Å². The fourth-order valence-electron chi connectivity index (χ4n) is 3.50. The van der Waals surface area contributed by atoms with Gasteiger partial charge in [0.25, 0.3) is 0 Å². The van der Waals surface area contributed by atoms with Gasteiger partial charge < -0.3 is 24.8 Å². The van der Waals surface area contributed by atoms with Crippen LogP contribution in [0.25, 0.3) is 0 Å². The van der Waals surface area contributed by atoms with Crippen LogP contribution >= 0.6 is 24.0 Å². The SMILES string of the molecule is CCNC(=NCc1c(CC)noc1CC)NCC1CCN(C(=O)OC(C)(C)C)CC1.I. The Morgan fingerprint density at radius 1 is 1.19 bits per heavy atom. The molecule has 0 spiro atoms. The molecule has 1 saturated heterocycles. The number of hydrogen-bond donors (Lipinski definition) is 2. The fraction of sp³-hybridized carbons (Fsp3) is 0.773. The Morgan fingerprint density at radius 2 is 1.87 bits per heavy atom. The molecule has 9 heteroatoms. The van der Waals surface area contributed by atoms with Gasteiger partial charge in [0, 0.05) is 38.2 Å². The predicted octanol–water partition coefficient (Wildman–Crippen LogP) is 4.12. The molecule has 1 aromatic rings. The number of ether oxygens (including phenoxy) is 1. The zero-order chi connectivity index (χ0) is 22.1. The molecule has 1 aliphatic heterocycles. The van der Waals surface area contributed by atoms with E-state index in [-0.39, 0.29) is 30.1 Å². The molecule has 8 nitrogen and oxygen atoms in total. The second-order valence-corrected chi connectivity index (χ2v) is 8.72. The van der Waals surface area contributed by atoms with E-state index in [1.165, 1.54) is 0 Å². The summed E-state index contributed by atoms with van der Waals surface area (Å²) in [4.78, 5) is 18.8. The van der Waals surface area contributed by atoms with E-state index in [9.17, 15) is 4.79 Å². The number of carbonyl (C=O) groups is 1. The van der Waals surface area contributed by atoms with Crippen LogP contribution in [-0.4, -0.2) is 53.9 Å². The molecule has 0 unspecified atom stereocenters. The summed E-state index contributed by atoms with van der Waals surface area (Å²) in [7, 11) is 0. The van der Waals surface area contributed by atoms with Gasteiger partial charge in [-0.2, -0.15) is 0 Å². The third-order valence-corrected chi connectivity index (χ3v) is 5.17. The third-order valence-electron chi connectivity index (χ3n) is 5.17. The van der Waals surface area contributed by atoms with Crippen molar-refractivity contribution in [2.24, 2.45) is 10.9 Å². The van der Waals surface area contributed by atoms with E-state index in [0.717, 1.165) is 74.8 Å². The van der Waals surface area contributed by atoms with Crippen molar-refractivity contribution in [2.75, 3.05) is 26.2 Å². The molecular formula is C22H40IN5O3. The maximum atomic E-state index is 12.2. The van der Waals surface area contributed by atoms with Gasteiger partial charge in [0.2, 0.25) is 0 Å². The lowest BCUT2D eigenvalue weighted by atomic mass is 9.97. The quantitative estimate of drug-likeness (QED) is 0.302. The first kappa shape index (κ1) is 27.5. The lowest BCUT2D eigenvalue weighted by Crippen LogP contribution is -2.45. The Balaban J connectivity index is 0.00000480. The van der Waals surface area contributed by atoms with E-state index < -0.39 is 5.60 Å².